The summed E-state index contributed by atoms with van der Waals surface area (Å²) in [4.78, 5) is 0. The summed E-state index contributed by atoms with van der Waals surface area (Å²) in [6.45, 7) is 2.04. The summed E-state index contributed by atoms with van der Waals surface area (Å²) >= 11 is 7.02. The molecule has 20 heavy (non-hydrogen) atoms. The normalized spacial score (nSPS) is 12.8. The average molecular weight is 395 g/mol. The number of rotatable bonds is 2. The molecule has 0 aliphatic rings. The van der Waals surface area contributed by atoms with Crippen LogP contribution in [0.4, 0.5) is 0 Å². The molecule has 0 aliphatic heterocycles. The van der Waals surface area contributed by atoms with Gasteiger partial charge in [-0.15, -0.1) is 0 Å². The number of furan rings is 1. The fourth-order valence-corrected chi connectivity index (χ4v) is 3.16. The fraction of sp³-hybridized carbons (Fsp3) is 0.125. The van der Waals surface area contributed by atoms with E-state index in [1.807, 2.05) is 49.4 Å². The van der Waals surface area contributed by atoms with Gasteiger partial charge in [0.2, 0.25) is 0 Å². The minimum Gasteiger partial charge on any atom is -0.459 e. The van der Waals surface area contributed by atoms with Gasteiger partial charge in [-0.1, -0.05) is 50.1 Å². The molecule has 0 amide bonds. The van der Waals surface area contributed by atoms with E-state index in [-0.39, 0.29) is 6.04 Å². The van der Waals surface area contributed by atoms with Gasteiger partial charge in [0.05, 0.1) is 6.04 Å². The first-order chi connectivity index (χ1) is 9.56. The number of halogens is 2. The van der Waals surface area contributed by atoms with Crippen LogP contribution in [0.25, 0.3) is 11.0 Å². The van der Waals surface area contributed by atoms with Gasteiger partial charge >= 0.3 is 0 Å². The first kappa shape index (κ1) is 13.9. The number of benzene rings is 2. The lowest BCUT2D eigenvalue weighted by molar-refractivity contribution is 0.523. The van der Waals surface area contributed by atoms with Crippen molar-refractivity contribution in [3.8, 4) is 0 Å². The molecule has 0 spiro atoms. The lowest BCUT2D eigenvalue weighted by Crippen LogP contribution is -2.11. The zero-order valence-corrected chi connectivity index (χ0v) is 14.0. The highest BCUT2D eigenvalue weighted by Crippen LogP contribution is 2.33. The Morgan fingerprint density at radius 2 is 1.90 bits per heavy atom. The Morgan fingerprint density at radius 3 is 2.65 bits per heavy atom. The standard InChI is InChI=1S/C16H13Br2NO/c1-9-3-2-4-10-7-14(20-16(9)10)15(19)12-8-11(17)5-6-13(12)18/h2-8,15H,19H2,1H3. The Balaban J connectivity index is 2.10. The summed E-state index contributed by atoms with van der Waals surface area (Å²) in [6, 6.07) is 13.8. The number of nitrogens with two attached hydrogens (primary N) is 1. The lowest BCUT2D eigenvalue weighted by atomic mass is 10.1. The van der Waals surface area contributed by atoms with Crippen LogP contribution in [0, 0.1) is 6.92 Å². The van der Waals surface area contributed by atoms with Crippen LogP contribution in [0.2, 0.25) is 0 Å². The minimum atomic E-state index is -0.298. The van der Waals surface area contributed by atoms with E-state index in [9.17, 15) is 0 Å². The molecule has 1 atom stereocenters. The van der Waals surface area contributed by atoms with E-state index in [1.165, 1.54) is 0 Å². The molecule has 4 heteroatoms. The molecule has 0 saturated carbocycles. The van der Waals surface area contributed by atoms with E-state index >= 15 is 0 Å². The average Bonchev–Trinajstić information content (AvgIpc) is 2.86. The van der Waals surface area contributed by atoms with Gasteiger partial charge in [-0.05, 0) is 42.3 Å². The van der Waals surface area contributed by atoms with Gasteiger partial charge in [0.1, 0.15) is 11.3 Å². The molecule has 2 aromatic carbocycles. The molecule has 1 unspecified atom stereocenters. The summed E-state index contributed by atoms with van der Waals surface area (Å²) in [7, 11) is 0. The van der Waals surface area contributed by atoms with Crippen LogP contribution in [0.1, 0.15) is 22.9 Å². The fourth-order valence-electron chi connectivity index (χ4n) is 2.29. The van der Waals surface area contributed by atoms with E-state index in [0.29, 0.717) is 0 Å². The molecule has 0 bridgehead atoms. The lowest BCUT2D eigenvalue weighted by Gasteiger charge is -2.11. The second kappa shape index (κ2) is 5.35. The predicted molar refractivity (Wildman–Crippen MR) is 88.8 cm³/mol. The Bertz CT molecular complexity index is 779. The quantitative estimate of drug-likeness (QED) is 0.639. The number of fused-ring (bicyclic) bond motifs is 1. The third-order valence-corrected chi connectivity index (χ3v) is 4.58. The second-order valence-electron chi connectivity index (χ2n) is 4.79. The molecule has 0 radical (unpaired) electrons. The van der Waals surface area contributed by atoms with E-state index in [1.54, 1.807) is 0 Å². The van der Waals surface area contributed by atoms with Crippen LogP contribution >= 0.6 is 31.9 Å². The molecule has 0 fully saturated rings. The molecule has 3 aromatic rings. The van der Waals surface area contributed by atoms with Gasteiger partial charge in [0.15, 0.2) is 0 Å². The van der Waals surface area contributed by atoms with Crippen molar-refractivity contribution in [2.75, 3.05) is 0 Å². The van der Waals surface area contributed by atoms with Crippen molar-refractivity contribution in [1.82, 2.24) is 0 Å². The SMILES string of the molecule is Cc1cccc2cc(C(N)c3cc(Br)ccc3Br)oc12. The van der Waals surface area contributed by atoms with E-state index in [4.69, 9.17) is 10.2 Å². The van der Waals surface area contributed by atoms with E-state index < -0.39 is 0 Å². The van der Waals surface area contributed by atoms with Crippen LogP contribution < -0.4 is 5.73 Å². The van der Waals surface area contributed by atoms with Crippen molar-refractivity contribution in [2.45, 2.75) is 13.0 Å². The highest BCUT2D eigenvalue weighted by atomic mass is 79.9. The van der Waals surface area contributed by atoms with Crippen molar-refractivity contribution in [2.24, 2.45) is 5.73 Å². The zero-order chi connectivity index (χ0) is 14.3. The van der Waals surface area contributed by atoms with Crippen molar-refractivity contribution in [3.05, 3.63) is 68.3 Å². The molecule has 1 aromatic heterocycles. The third kappa shape index (κ3) is 2.43. The van der Waals surface area contributed by atoms with Crippen LogP contribution in [-0.4, -0.2) is 0 Å². The molecule has 2 N–H and O–H groups in total. The Kier molecular flexibility index (Phi) is 3.71. The maximum absolute atomic E-state index is 6.36. The summed E-state index contributed by atoms with van der Waals surface area (Å²) < 4.78 is 7.92. The number of hydrogen-bond donors (Lipinski definition) is 1. The molecule has 2 nitrogen and oxygen atoms in total. The highest BCUT2D eigenvalue weighted by molar-refractivity contribution is 9.11. The largest absolute Gasteiger partial charge is 0.459 e. The van der Waals surface area contributed by atoms with Crippen molar-refractivity contribution in [1.29, 1.82) is 0 Å². The Hall–Kier alpha value is -1.10. The topological polar surface area (TPSA) is 39.2 Å². The predicted octanol–water partition coefficient (Wildman–Crippen LogP) is 5.31. The second-order valence-corrected chi connectivity index (χ2v) is 6.56. The van der Waals surface area contributed by atoms with Gasteiger partial charge in [0, 0.05) is 14.3 Å². The molecular formula is C16H13Br2NO. The molecule has 102 valence electrons. The molecule has 3 rings (SSSR count). The van der Waals surface area contributed by atoms with Gasteiger partial charge in [0.25, 0.3) is 0 Å². The summed E-state index contributed by atoms with van der Waals surface area (Å²) in [6.07, 6.45) is 0. The monoisotopic (exact) mass is 393 g/mol. The molecule has 1 heterocycles. The summed E-state index contributed by atoms with van der Waals surface area (Å²) in [5.41, 5.74) is 9.38. The maximum atomic E-state index is 6.36. The summed E-state index contributed by atoms with van der Waals surface area (Å²) in [5.74, 6) is 0.771. The maximum Gasteiger partial charge on any atom is 0.137 e. The van der Waals surface area contributed by atoms with Crippen LogP contribution in [0.15, 0.2) is 55.8 Å². The summed E-state index contributed by atoms with van der Waals surface area (Å²) in [5, 5.41) is 1.08. The van der Waals surface area contributed by atoms with Crippen molar-refractivity contribution < 1.29 is 4.42 Å². The van der Waals surface area contributed by atoms with Crippen molar-refractivity contribution in [3.63, 3.8) is 0 Å². The molecule has 0 aliphatic carbocycles. The minimum absolute atomic E-state index is 0.298. The van der Waals surface area contributed by atoms with E-state index in [2.05, 4.69) is 31.9 Å². The molecule has 0 saturated heterocycles. The Morgan fingerprint density at radius 1 is 1.10 bits per heavy atom. The first-order valence-electron chi connectivity index (χ1n) is 6.26. The number of aryl methyl sites for hydroxylation is 1. The van der Waals surface area contributed by atoms with Crippen LogP contribution in [0.3, 0.4) is 0 Å². The van der Waals surface area contributed by atoms with Gasteiger partial charge in [-0.3, -0.25) is 0 Å². The van der Waals surface area contributed by atoms with Crippen molar-refractivity contribution >= 4 is 42.8 Å². The number of hydrogen-bond acceptors (Lipinski definition) is 2. The van der Waals surface area contributed by atoms with Gasteiger partial charge in [-0.25, -0.2) is 0 Å². The third-order valence-electron chi connectivity index (χ3n) is 3.36. The Labute approximate surface area is 134 Å². The van der Waals surface area contributed by atoms with E-state index in [0.717, 1.165) is 36.8 Å². The zero-order valence-electron chi connectivity index (χ0n) is 10.9. The van der Waals surface area contributed by atoms with Crippen LogP contribution in [0.5, 0.6) is 0 Å². The van der Waals surface area contributed by atoms with Gasteiger partial charge in [-0.2, -0.15) is 0 Å². The smallest absolute Gasteiger partial charge is 0.137 e. The molecular weight excluding hydrogens is 382 g/mol. The highest BCUT2D eigenvalue weighted by Gasteiger charge is 2.17. The number of para-hydroxylation sites is 1. The van der Waals surface area contributed by atoms with Crippen LogP contribution in [-0.2, 0) is 0 Å². The first-order valence-corrected chi connectivity index (χ1v) is 7.84. The van der Waals surface area contributed by atoms with Gasteiger partial charge < -0.3 is 10.2 Å².